The smallest absolute Gasteiger partial charge is 0.287 e. The van der Waals surface area contributed by atoms with E-state index < -0.39 is 0 Å². The van der Waals surface area contributed by atoms with Crippen LogP contribution in [-0.4, -0.2) is 13.0 Å². The SMILES string of the molecule is CC[C@@H](NC(=O)c1cc2ccccc2o1)c1ccc(OC)cc1. The molecule has 0 fully saturated rings. The fourth-order valence-corrected chi connectivity index (χ4v) is 2.58. The molecule has 1 N–H and O–H groups in total. The molecule has 2 aromatic carbocycles. The molecule has 0 aliphatic heterocycles. The van der Waals surface area contributed by atoms with Gasteiger partial charge in [0.25, 0.3) is 5.91 Å². The molecule has 0 aliphatic rings. The lowest BCUT2D eigenvalue weighted by molar-refractivity contribution is 0.0909. The van der Waals surface area contributed by atoms with Crippen molar-refractivity contribution in [1.29, 1.82) is 0 Å². The quantitative estimate of drug-likeness (QED) is 0.763. The number of nitrogens with one attached hydrogen (secondary N) is 1. The number of carbonyl (C=O) groups excluding carboxylic acids is 1. The minimum Gasteiger partial charge on any atom is -0.497 e. The van der Waals surface area contributed by atoms with Crippen molar-refractivity contribution in [2.75, 3.05) is 7.11 Å². The van der Waals surface area contributed by atoms with Crippen LogP contribution >= 0.6 is 0 Å². The maximum atomic E-state index is 12.5. The number of benzene rings is 2. The maximum Gasteiger partial charge on any atom is 0.287 e. The number of para-hydroxylation sites is 1. The van der Waals surface area contributed by atoms with Crippen LogP contribution < -0.4 is 10.1 Å². The molecule has 0 radical (unpaired) electrons. The molecular formula is C19H19NO3. The average molecular weight is 309 g/mol. The summed E-state index contributed by atoms with van der Waals surface area (Å²) in [5.41, 5.74) is 1.76. The number of fused-ring (bicyclic) bond motifs is 1. The fourth-order valence-electron chi connectivity index (χ4n) is 2.58. The summed E-state index contributed by atoms with van der Waals surface area (Å²) in [6.07, 6.45) is 0.790. The highest BCUT2D eigenvalue weighted by Gasteiger charge is 2.17. The Kier molecular flexibility index (Phi) is 4.33. The molecule has 0 unspecified atom stereocenters. The van der Waals surface area contributed by atoms with E-state index in [4.69, 9.17) is 9.15 Å². The summed E-state index contributed by atoms with van der Waals surface area (Å²) >= 11 is 0. The molecule has 1 aromatic heterocycles. The Morgan fingerprint density at radius 3 is 2.57 bits per heavy atom. The van der Waals surface area contributed by atoms with Crippen molar-refractivity contribution in [1.82, 2.24) is 5.32 Å². The second-order valence-electron chi connectivity index (χ2n) is 5.36. The Bertz CT molecular complexity index is 772. The number of rotatable bonds is 5. The highest BCUT2D eigenvalue weighted by Crippen LogP contribution is 2.22. The number of furan rings is 1. The molecule has 118 valence electrons. The van der Waals surface area contributed by atoms with E-state index in [-0.39, 0.29) is 11.9 Å². The Morgan fingerprint density at radius 2 is 1.91 bits per heavy atom. The van der Waals surface area contributed by atoms with Gasteiger partial charge in [-0.05, 0) is 36.2 Å². The van der Waals surface area contributed by atoms with Crippen LogP contribution in [0.4, 0.5) is 0 Å². The summed E-state index contributed by atoms with van der Waals surface area (Å²) in [5.74, 6) is 0.925. The molecule has 0 spiro atoms. The topological polar surface area (TPSA) is 51.5 Å². The van der Waals surface area contributed by atoms with Crippen LogP contribution in [0.3, 0.4) is 0 Å². The number of hydrogen-bond donors (Lipinski definition) is 1. The van der Waals surface area contributed by atoms with Crippen molar-refractivity contribution >= 4 is 16.9 Å². The van der Waals surface area contributed by atoms with Crippen molar-refractivity contribution in [3.8, 4) is 5.75 Å². The minimum atomic E-state index is -0.205. The molecule has 3 rings (SSSR count). The first-order valence-electron chi connectivity index (χ1n) is 7.64. The van der Waals surface area contributed by atoms with Gasteiger partial charge in [-0.2, -0.15) is 0 Å². The number of ether oxygens (including phenoxy) is 1. The molecule has 23 heavy (non-hydrogen) atoms. The van der Waals surface area contributed by atoms with Gasteiger partial charge in [-0.1, -0.05) is 37.3 Å². The molecular weight excluding hydrogens is 290 g/mol. The highest BCUT2D eigenvalue weighted by atomic mass is 16.5. The van der Waals surface area contributed by atoms with Crippen molar-refractivity contribution in [2.45, 2.75) is 19.4 Å². The van der Waals surface area contributed by atoms with Gasteiger partial charge in [0.2, 0.25) is 0 Å². The predicted molar refractivity (Wildman–Crippen MR) is 89.7 cm³/mol. The summed E-state index contributed by atoms with van der Waals surface area (Å²) < 4.78 is 10.8. The van der Waals surface area contributed by atoms with E-state index in [0.29, 0.717) is 5.76 Å². The molecule has 1 amide bonds. The van der Waals surface area contributed by atoms with E-state index in [9.17, 15) is 4.79 Å². The zero-order valence-corrected chi connectivity index (χ0v) is 13.2. The van der Waals surface area contributed by atoms with Gasteiger partial charge in [0.1, 0.15) is 11.3 Å². The van der Waals surface area contributed by atoms with Gasteiger partial charge in [0, 0.05) is 5.39 Å². The molecule has 4 heteroatoms. The Balaban J connectivity index is 1.78. The van der Waals surface area contributed by atoms with Gasteiger partial charge in [-0.3, -0.25) is 4.79 Å². The summed E-state index contributed by atoms with van der Waals surface area (Å²) in [6.45, 7) is 2.04. The van der Waals surface area contributed by atoms with Crippen molar-refractivity contribution in [2.24, 2.45) is 0 Å². The van der Waals surface area contributed by atoms with Crippen LogP contribution in [0, 0.1) is 0 Å². The third-order valence-corrected chi connectivity index (χ3v) is 3.88. The van der Waals surface area contributed by atoms with E-state index in [1.807, 2.05) is 55.5 Å². The molecule has 1 atom stereocenters. The lowest BCUT2D eigenvalue weighted by Crippen LogP contribution is -2.27. The van der Waals surface area contributed by atoms with Crippen LogP contribution in [0.2, 0.25) is 0 Å². The molecule has 0 saturated carbocycles. The molecule has 3 aromatic rings. The first-order chi connectivity index (χ1) is 11.2. The lowest BCUT2D eigenvalue weighted by Gasteiger charge is -2.17. The average Bonchev–Trinajstić information content (AvgIpc) is 3.04. The zero-order valence-electron chi connectivity index (χ0n) is 13.2. The second kappa shape index (κ2) is 6.57. The van der Waals surface area contributed by atoms with Crippen LogP contribution in [0.1, 0.15) is 35.5 Å². The summed E-state index contributed by atoms with van der Waals surface area (Å²) in [7, 11) is 1.63. The van der Waals surface area contributed by atoms with E-state index in [0.717, 1.165) is 28.7 Å². The van der Waals surface area contributed by atoms with Gasteiger partial charge in [0.05, 0.1) is 13.2 Å². The Hall–Kier alpha value is -2.75. The van der Waals surface area contributed by atoms with Crippen LogP contribution in [0.15, 0.2) is 59.0 Å². The second-order valence-corrected chi connectivity index (χ2v) is 5.36. The van der Waals surface area contributed by atoms with Gasteiger partial charge in [-0.25, -0.2) is 0 Å². The minimum absolute atomic E-state index is 0.0679. The van der Waals surface area contributed by atoms with Crippen molar-refractivity contribution in [3.05, 3.63) is 65.9 Å². The summed E-state index contributed by atoms with van der Waals surface area (Å²) in [4.78, 5) is 12.5. The monoisotopic (exact) mass is 309 g/mol. The molecule has 0 saturated heterocycles. The van der Waals surface area contributed by atoms with Gasteiger partial charge in [0.15, 0.2) is 5.76 Å². The van der Waals surface area contributed by atoms with E-state index in [1.165, 1.54) is 0 Å². The highest BCUT2D eigenvalue weighted by molar-refractivity contribution is 5.96. The Labute approximate surface area is 135 Å². The third kappa shape index (κ3) is 3.21. The van der Waals surface area contributed by atoms with E-state index >= 15 is 0 Å². The standard InChI is InChI=1S/C19H19NO3/c1-3-16(13-8-10-15(22-2)11-9-13)20-19(21)18-12-14-6-4-5-7-17(14)23-18/h4-12,16H,3H2,1-2H3,(H,20,21)/t16-/m1/s1. The molecule has 0 aliphatic carbocycles. The van der Waals surface area contributed by atoms with Crippen molar-refractivity contribution in [3.63, 3.8) is 0 Å². The molecule has 1 heterocycles. The van der Waals surface area contributed by atoms with Gasteiger partial charge < -0.3 is 14.5 Å². The normalized spacial score (nSPS) is 12.1. The van der Waals surface area contributed by atoms with E-state index in [1.54, 1.807) is 13.2 Å². The predicted octanol–water partition coefficient (Wildman–Crippen LogP) is 4.32. The lowest BCUT2D eigenvalue weighted by atomic mass is 10.0. The third-order valence-electron chi connectivity index (χ3n) is 3.88. The Morgan fingerprint density at radius 1 is 1.17 bits per heavy atom. The number of hydrogen-bond acceptors (Lipinski definition) is 3. The van der Waals surface area contributed by atoms with Gasteiger partial charge >= 0.3 is 0 Å². The molecule has 4 nitrogen and oxygen atoms in total. The van der Waals surface area contributed by atoms with Crippen molar-refractivity contribution < 1.29 is 13.9 Å². The van der Waals surface area contributed by atoms with Crippen LogP contribution in [0.25, 0.3) is 11.0 Å². The summed E-state index contributed by atoms with van der Waals surface area (Å²) in [5, 5.41) is 3.95. The first kappa shape index (κ1) is 15.2. The number of carbonyl (C=O) groups is 1. The zero-order chi connectivity index (χ0) is 16.2. The van der Waals surface area contributed by atoms with Crippen LogP contribution in [0.5, 0.6) is 5.75 Å². The van der Waals surface area contributed by atoms with Gasteiger partial charge in [-0.15, -0.1) is 0 Å². The summed E-state index contributed by atoms with van der Waals surface area (Å²) in [6, 6.07) is 17.0. The largest absolute Gasteiger partial charge is 0.497 e. The maximum absolute atomic E-state index is 12.5. The van der Waals surface area contributed by atoms with E-state index in [2.05, 4.69) is 5.32 Å². The fraction of sp³-hybridized carbons (Fsp3) is 0.211. The molecule has 0 bridgehead atoms. The number of amides is 1. The van der Waals surface area contributed by atoms with Crippen LogP contribution in [-0.2, 0) is 0 Å². The number of methoxy groups -OCH3 is 1. The first-order valence-corrected chi connectivity index (χ1v) is 7.64.